The molecule has 1 aromatic carbocycles. The number of carbonyl (C=O) groups excluding carboxylic acids is 3. The van der Waals surface area contributed by atoms with E-state index >= 15 is 0 Å². The molecule has 4 rings (SSSR count). The molecule has 2 N–H and O–H groups in total. The van der Waals surface area contributed by atoms with Crippen molar-refractivity contribution in [1.29, 1.82) is 0 Å². The number of primary amides is 1. The van der Waals surface area contributed by atoms with Gasteiger partial charge in [0, 0.05) is 44.5 Å². The fourth-order valence-electron chi connectivity index (χ4n) is 5.94. The van der Waals surface area contributed by atoms with Crippen LogP contribution >= 0.6 is 0 Å². The fraction of sp³-hybridized carbons (Fsp3) is 0.667. The molecule has 3 aliphatic rings. The van der Waals surface area contributed by atoms with E-state index in [4.69, 9.17) is 15.2 Å². The number of amides is 2. The van der Waals surface area contributed by atoms with Crippen LogP contribution in [-0.2, 0) is 19.1 Å². The number of hydrogen-bond donors (Lipinski definition) is 1. The SMILES string of the molecule is CCCN1CCN(c2ccc(C(N)=O)c([C@@H](C(=O)N3C[C@H](OC)[C@H]4OCC(=O)[C@H]43)C(C)(C)C)c2)CC1. The lowest BCUT2D eigenvalue weighted by Gasteiger charge is -2.38. The summed E-state index contributed by atoms with van der Waals surface area (Å²) in [5, 5.41) is 0. The average Bonchev–Trinajstić information content (AvgIpc) is 3.39. The molecule has 0 spiro atoms. The minimum atomic E-state index is -0.675. The number of likely N-dealkylation sites (tertiary alicyclic amines) is 1. The number of fused-ring (bicyclic) bond motifs is 1. The first-order chi connectivity index (χ1) is 17.1. The van der Waals surface area contributed by atoms with Gasteiger partial charge in [0.25, 0.3) is 0 Å². The molecule has 3 fully saturated rings. The largest absolute Gasteiger partial charge is 0.377 e. The number of methoxy groups -OCH3 is 1. The van der Waals surface area contributed by atoms with Gasteiger partial charge in [-0.25, -0.2) is 0 Å². The van der Waals surface area contributed by atoms with Crippen molar-refractivity contribution in [3.8, 4) is 0 Å². The van der Waals surface area contributed by atoms with Crippen molar-refractivity contribution >= 4 is 23.3 Å². The van der Waals surface area contributed by atoms with E-state index in [0.29, 0.717) is 11.1 Å². The molecule has 2 amide bonds. The summed E-state index contributed by atoms with van der Waals surface area (Å²) in [7, 11) is 1.57. The van der Waals surface area contributed by atoms with Crippen molar-refractivity contribution < 1.29 is 23.9 Å². The zero-order valence-corrected chi connectivity index (χ0v) is 22.2. The second kappa shape index (κ2) is 10.5. The molecule has 4 atom stereocenters. The lowest BCUT2D eigenvalue weighted by atomic mass is 9.73. The Bertz CT molecular complexity index is 998. The first-order valence-corrected chi connectivity index (χ1v) is 13.0. The van der Waals surface area contributed by atoms with E-state index in [2.05, 4.69) is 16.7 Å². The van der Waals surface area contributed by atoms with E-state index in [1.807, 2.05) is 32.9 Å². The van der Waals surface area contributed by atoms with E-state index in [0.717, 1.165) is 44.8 Å². The van der Waals surface area contributed by atoms with Gasteiger partial charge in [-0.05, 0) is 42.1 Å². The Morgan fingerprint density at radius 3 is 2.47 bits per heavy atom. The third-order valence-electron chi connectivity index (χ3n) is 7.73. The maximum absolute atomic E-state index is 14.2. The fourth-order valence-corrected chi connectivity index (χ4v) is 5.94. The van der Waals surface area contributed by atoms with Crippen LogP contribution in [0.5, 0.6) is 0 Å². The number of nitrogens with zero attached hydrogens (tertiary/aromatic N) is 3. The molecule has 0 saturated carbocycles. The van der Waals surface area contributed by atoms with E-state index in [9.17, 15) is 14.4 Å². The lowest BCUT2D eigenvalue weighted by molar-refractivity contribution is -0.140. The van der Waals surface area contributed by atoms with Gasteiger partial charge in [0.2, 0.25) is 11.8 Å². The van der Waals surface area contributed by atoms with Crippen molar-refractivity contribution in [2.75, 3.05) is 57.9 Å². The summed E-state index contributed by atoms with van der Waals surface area (Å²) in [4.78, 5) is 45.8. The normalized spacial score (nSPS) is 25.8. The van der Waals surface area contributed by atoms with Gasteiger partial charge in [0.15, 0.2) is 5.78 Å². The summed E-state index contributed by atoms with van der Waals surface area (Å²) in [6.45, 7) is 13.2. The molecule has 1 aromatic rings. The van der Waals surface area contributed by atoms with Gasteiger partial charge in [-0.1, -0.05) is 27.7 Å². The van der Waals surface area contributed by atoms with E-state index in [1.54, 1.807) is 18.1 Å². The molecule has 3 heterocycles. The molecule has 0 bridgehead atoms. The molecule has 3 saturated heterocycles. The van der Waals surface area contributed by atoms with Crippen molar-refractivity contribution in [2.24, 2.45) is 11.1 Å². The quantitative estimate of drug-likeness (QED) is 0.607. The number of nitrogens with two attached hydrogens (primary N) is 1. The van der Waals surface area contributed by atoms with E-state index < -0.39 is 29.4 Å². The van der Waals surface area contributed by atoms with Crippen LogP contribution in [0, 0.1) is 5.41 Å². The number of carbonyl (C=O) groups is 3. The molecular formula is C27H40N4O5. The molecule has 198 valence electrons. The highest BCUT2D eigenvalue weighted by atomic mass is 16.5. The maximum Gasteiger partial charge on any atom is 0.249 e. The smallest absolute Gasteiger partial charge is 0.249 e. The number of Topliss-reactive ketones (excluding diaryl/α,β-unsaturated/α-hetero) is 1. The van der Waals surface area contributed by atoms with Crippen LogP contribution in [0.4, 0.5) is 5.69 Å². The summed E-state index contributed by atoms with van der Waals surface area (Å²) in [5.41, 5.74) is 7.18. The lowest BCUT2D eigenvalue weighted by Crippen LogP contribution is -2.47. The maximum atomic E-state index is 14.2. The third kappa shape index (κ3) is 5.01. The Balaban J connectivity index is 1.70. The van der Waals surface area contributed by atoms with Gasteiger partial charge in [0.05, 0.1) is 12.5 Å². The highest BCUT2D eigenvalue weighted by molar-refractivity contribution is 5.99. The van der Waals surface area contributed by atoms with Crippen LogP contribution in [0.25, 0.3) is 0 Å². The summed E-state index contributed by atoms with van der Waals surface area (Å²) in [5.74, 6) is -1.57. The predicted molar refractivity (Wildman–Crippen MR) is 137 cm³/mol. The Morgan fingerprint density at radius 2 is 1.89 bits per heavy atom. The topological polar surface area (TPSA) is 105 Å². The minimum absolute atomic E-state index is 0.0226. The third-order valence-corrected chi connectivity index (χ3v) is 7.73. The second-order valence-corrected chi connectivity index (χ2v) is 11.2. The van der Waals surface area contributed by atoms with Gasteiger partial charge in [-0.3, -0.25) is 19.3 Å². The molecule has 36 heavy (non-hydrogen) atoms. The number of anilines is 1. The van der Waals surface area contributed by atoms with Crippen LogP contribution in [0.1, 0.15) is 56.0 Å². The zero-order chi connectivity index (χ0) is 26.2. The van der Waals surface area contributed by atoms with Crippen molar-refractivity contribution in [3.05, 3.63) is 29.3 Å². The summed E-state index contributed by atoms with van der Waals surface area (Å²) in [6.07, 6.45) is 0.295. The van der Waals surface area contributed by atoms with Crippen molar-refractivity contribution in [3.63, 3.8) is 0 Å². The van der Waals surface area contributed by atoms with Gasteiger partial charge in [-0.2, -0.15) is 0 Å². The highest BCUT2D eigenvalue weighted by Crippen LogP contribution is 2.42. The highest BCUT2D eigenvalue weighted by Gasteiger charge is 2.54. The summed E-state index contributed by atoms with van der Waals surface area (Å²) >= 11 is 0. The molecule has 3 aliphatic heterocycles. The zero-order valence-electron chi connectivity index (χ0n) is 22.2. The van der Waals surface area contributed by atoms with Crippen LogP contribution in [0.15, 0.2) is 18.2 Å². The standard InChI is InChI=1S/C27H40N4O5/c1-6-9-29-10-12-30(13-11-29)17-7-8-18(25(28)33)19(14-17)22(27(2,3)4)26(34)31-15-21(35-5)24-23(31)20(32)16-36-24/h7-8,14,21-24H,6,9-13,15-16H2,1-5H3,(H2,28,33)/t21-,22-,23+,24+/m0/s1. The number of rotatable bonds is 7. The Kier molecular flexibility index (Phi) is 7.73. The Morgan fingerprint density at radius 1 is 1.19 bits per heavy atom. The Labute approximate surface area is 213 Å². The number of hydrogen-bond acceptors (Lipinski definition) is 7. The van der Waals surface area contributed by atoms with Crippen LogP contribution < -0.4 is 10.6 Å². The molecule has 0 aromatic heterocycles. The number of ketones is 1. The van der Waals surface area contributed by atoms with Crippen LogP contribution in [0.3, 0.4) is 0 Å². The number of ether oxygens (including phenoxy) is 2. The monoisotopic (exact) mass is 500 g/mol. The van der Waals surface area contributed by atoms with Gasteiger partial charge in [0.1, 0.15) is 24.9 Å². The molecule has 9 heteroatoms. The van der Waals surface area contributed by atoms with Gasteiger partial charge in [-0.15, -0.1) is 0 Å². The molecule has 0 radical (unpaired) electrons. The van der Waals surface area contributed by atoms with Gasteiger partial charge < -0.3 is 25.0 Å². The van der Waals surface area contributed by atoms with Crippen LogP contribution in [0.2, 0.25) is 0 Å². The molecule has 9 nitrogen and oxygen atoms in total. The van der Waals surface area contributed by atoms with E-state index in [-0.39, 0.29) is 30.9 Å². The van der Waals surface area contributed by atoms with Crippen molar-refractivity contribution in [2.45, 2.75) is 58.3 Å². The van der Waals surface area contributed by atoms with Crippen molar-refractivity contribution in [1.82, 2.24) is 9.80 Å². The van der Waals surface area contributed by atoms with E-state index in [1.165, 1.54) is 0 Å². The first-order valence-electron chi connectivity index (χ1n) is 13.0. The molecule has 0 unspecified atom stereocenters. The van der Waals surface area contributed by atoms with Gasteiger partial charge >= 0.3 is 0 Å². The van der Waals surface area contributed by atoms with Crippen LogP contribution in [-0.4, -0.2) is 98.6 Å². The second-order valence-electron chi connectivity index (χ2n) is 11.2. The average molecular weight is 501 g/mol. The Hall–Kier alpha value is -2.49. The summed E-state index contributed by atoms with van der Waals surface area (Å²) < 4.78 is 11.2. The molecular weight excluding hydrogens is 460 g/mol. The summed E-state index contributed by atoms with van der Waals surface area (Å²) in [6, 6.07) is 4.95. The number of piperazine rings is 1. The molecule has 0 aliphatic carbocycles. The predicted octanol–water partition coefficient (Wildman–Crippen LogP) is 1.64. The minimum Gasteiger partial charge on any atom is -0.377 e. The number of benzene rings is 1. The first kappa shape index (κ1) is 26.6.